The van der Waals surface area contributed by atoms with Gasteiger partial charge in [0.15, 0.2) is 0 Å². The molecule has 0 fully saturated rings. The van der Waals surface area contributed by atoms with E-state index in [0.717, 1.165) is 17.5 Å². The Morgan fingerprint density at radius 1 is 1.05 bits per heavy atom. The fourth-order valence-corrected chi connectivity index (χ4v) is 4.23. The van der Waals surface area contributed by atoms with Gasteiger partial charge in [0.05, 0.1) is 5.02 Å². The Morgan fingerprint density at radius 2 is 1.64 bits per heavy atom. The summed E-state index contributed by atoms with van der Waals surface area (Å²) in [6.45, 7) is 8.64. The Kier molecular flexibility index (Phi) is 3.30. The molecule has 0 saturated carbocycles. The minimum atomic E-state index is -0.340. The minimum Gasteiger partial charge on any atom is -0.507 e. The predicted octanol–water partition coefficient (Wildman–Crippen LogP) is 5.81. The van der Waals surface area contributed by atoms with Crippen LogP contribution in [-0.2, 0) is 10.8 Å². The first kappa shape index (κ1) is 15.4. The molecule has 0 aliphatic heterocycles. The summed E-state index contributed by atoms with van der Waals surface area (Å²) in [6, 6.07) is 8.32. The highest BCUT2D eigenvalue weighted by Gasteiger charge is 2.42. The summed E-state index contributed by atoms with van der Waals surface area (Å²) in [5, 5.41) is 10.5. The Bertz CT molecular complexity index is 742. The molecular weight excluding hydrogens is 299 g/mol. The third-order valence-corrected chi connectivity index (χ3v) is 5.03. The average molecular weight is 319 g/mol. The number of fused-ring (bicyclic) bond motifs is 1. The van der Waals surface area contributed by atoms with Gasteiger partial charge in [-0.2, -0.15) is 0 Å². The maximum atomic E-state index is 14.7. The van der Waals surface area contributed by atoms with Gasteiger partial charge in [-0.1, -0.05) is 45.4 Å². The van der Waals surface area contributed by atoms with Gasteiger partial charge in [0, 0.05) is 11.1 Å². The van der Waals surface area contributed by atoms with Crippen LogP contribution in [0.3, 0.4) is 0 Å². The molecule has 0 spiro atoms. The molecule has 0 unspecified atom stereocenters. The average Bonchev–Trinajstić information content (AvgIpc) is 2.55. The molecule has 1 N–H and O–H groups in total. The summed E-state index contributed by atoms with van der Waals surface area (Å²) in [5.41, 5.74) is 2.83. The topological polar surface area (TPSA) is 20.2 Å². The molecule has 116 valence electrons. The zero-order valence-corrected chi connectivity index (χ0v) is 14.1. The summed E-state index contributed by atoms with van der Waals surface area (Å²) in [4.78, 5) is 0. The molecule has 1 aliphatic carbocycles. The fourth-order valence-electron chi connectivity index (χ4n) is 3.96. The van der Waals surface area contributed by atoms with Crippen LogP contribution in [0.5, 0.6) is 5.75 Å². The third kappa shape index (κ3) is 2.21. The van der Waals surface area contributed by atoms with Crippen molar-refractivity contribution in [3.8, 4) is 16.9 Å². The number of phenols is 1. The van der Waals surface area contributed by atoms with Crippen LogP contribution in [0.25, 0.3) is 11.1 Å². The van der Waals surface area contributed by atoms with Crippen molar-refractivity contribution in [3.63, 3.8) is 0 Å². The number of aromatic hydroxyl groups is 1. The van der Waals surface area contributed by atoms with Crippen molar-refractivity contribution >= 4 is 11.6 Å². The second-order valence-electron chi connectivity index (χ2n) is 7.46. The van der Waals surface area contributed by atoms with E-state index in [1.807, 2.05) is 6.07 Å². The maximum absolute atomic E-state index is 14.7. The maximum Gasteiger partial charge on any atom is 0.131 e. The van der Waals surface area contributed by atoms with Crippen LogP contribution in [0.2, 0.25) is 5.02 Å². The number of halogens is 2. The lowest BCUT2D eigenvalue weighted by Crippen LogP contribution is -2.17. The lowest BCUT2D eigenvalue weighted by Gasteiger charge is -2.22. The van der Waals surface area contributed by atoms with E-state index in [1.54, 1.807) is 18.2 Å². The van der Waals surface area contributed by atoms with Gasteiger partial charge in [-0.15, -0.1) is 0 Å². The van der Waals surface area contributed by atoms with Crippen LogP contribution in [0.1, 0.15) is 45.2 Å². The van der Waals surface area contributed by atoms with Gasteiger partial charge in [-0.25, -0.2) is 4.39 Å². The first-order valence-electron chi connectivity index (χ1n) is 7.46. The highest BCUT2D eigenvalue weighted by Crippen LogP contribution is 2.51. The van der Waals surface area contributed by atoms with E-state index in [2.05, 4.69) is 27.7 Å². The molecule has 1 nitrogen and oxygen atoms in total. The van der Waals surface area contributed by atoms with Crippen molar-refractivity contribution in [3.05, 3.63) is 52.3 Å². The van der Waals surface area contributed by atoms with Crippen molar-refractivity contribution in [1.29, 1.82) is 0 Å². The summed E-state index contributed by atoms with van der Waals surface area (Å²) in [7, 11) is 0. The Balaban J connectivity index is 2.30. The molecule has 1 aliphatic rings. The van der Waals surface area contributed by atoms with Crippen molar-refractivity contribution in [1.82, 2.24) is 0 Å². The van der Waals surface area contributed by atoms with Crippen molar-refractivity contribution in [2.24, 2.45) is 0 Å². The lowest BCUT2D eigenvalue weighted by atomic mass is 9.82. The van der Waals surface area contributed by atoms with E-state index in [0.29, 0.717) is 16.1 Å². The monoisotopic (exact) mass is 318 g/mol. The van der Waals surface area contributed by atoms with Gasteiger partial charge in [0.1, 0.15) is 11.6 Å². The van der Waals surface area contributed by atoms with Crippen molar-refractivity contribution in [2.75, 3.05) is 0 Å². The SMILES string of the molecule is CC1(C)CC(C)(C)c2cc(-c3c(O)cccc3Cl)c(F)cc21. The summed E-state index contributed by atoms with van der Waals surface area (Å²) < 4.78 is 14.7. The molecule has 3 heteroatoms. The molecule has 3 rings (SSSR count). The molecule has 0 aromatic heterocycles. The van der Waals surface area contributed by atoms with E-state index < -0.39 is 0 Å². The van der Waals surface area contributed by atoms with E-state index in [9.17, 15) is 9.50 Å². The minimum absolute atomic E-state index is 0.00131. The zero-order valence-electron chi connectivity index (χ0n) is 13.3. The molecule has 2 aromatic carbocycles. The normalized spacial score (nSPS) is 18.3. The smallest absolute Gasteiger partial charge is 0.131 e. The van der Waals surface area contributed by atoms with Crippen molar-refractivity contribution in [2.45, 2.75) is 44.9 Å². The Labute approximate surface area is 135 Å². The standard InChI is InChI=1S/C19H20ClFO/c1-18(2)10-19(3,4)13-9-15(21)11(8-12(13)18)17-14(20)6-5-7-16(17)22/h5-9,22H,10H2,1-4H3. The van der Waals surface area contributed by atoms with Crippen LogP contribution in [0, 0.1) is 5.82 Å². The third-order valence-electron chi connectivity index (χ3n) is 4.71. The molecule has 2 aromatic rings. The molecule has 0 saturated heterocycles. The number of hydrogen-bond donors (Lipinski definition) is 1. The second kappa shape index (κ2) is 4.73. The van der Waals surface area contributed by atoms with Crippen LogP contribution in [0.15, 0.2) is 30.3 Å². The number of rotatable bonds is 1. The van der Waals surface area contributed by atoms with Gasteiger partial charge in [-0.3, -0.25) is 0 Å². The molecule has 22 heavy (non-hydrogen) atoms. The molecule has 0 amide bonds. The summed E-state index contributed by atoms with van der Waals surface area (Å²) in [6.07, 6.45) is 0.965. The Hall–Kier alpha value is -1.54. The van der Waals surface area contributed by atoms with Gasteiger partial charge in [0.25, 0.3) is 0 Å². The van der Waals surface area contributed by atoms with Gasteiger partial charge >= 0.3 is 0 Å². The number of benzene rings is 2. The van der Waals surface area contributed by atoms with Crippen molar-refractivity contribution < 1.29 is 9.50 Å². The van der Waals surface area contributed by atoms with Gasteiger partial charge in [0.2, 0.25) is 0 Å². The predicted molar refractivity (Wildman–Crippen MR) is 89.2 cm³/mol. The van der Waals surface area contributed by atoms with E-state index in [-0.39, 0.29) is 22.4 Å². The van der Waals surface area contributed by atoms with Gasteiger partial charge < -0.3 is 5.11 Å². The molecular formula is C19H20ClFO. The van der Waals surface area contributed by atoms with E-state index >= 15 is 0 Å². The highest BCUT2D eigenvalue weighted by molar-refractivity contribution is 6.33. The van der Waals surface area contributed by atoms with Gasteiger partial charge in [-0.05, 0) is 52.6 Å². The molecule has 0 bridgehead atoms. The largest absolute Gasteiger partial charge is 0.507 e. The molecule has 0 atom stereocenters. The fraction of sp³-hybridized carbons (Fsp3) is 0.368. The van der Waals surface area contributed by atoms with Crippen LogP contribution in [0.4, 0.5) is 4.39 Å². The van der Waals surface area contributed by atoms with E-state index in [4.69, 9.17) is 11.6 Å². The quantitative estimate of drug-likeness (QED) is 0.703. The first-order chi connectivity index (χ1) is 10.1. The Morgan fingerprint density at radius 3 is 2.23 bits per heavy atom. The van der Waals surface area contributed by atoms with E-state index in [1.165, 1.54) is 6.07 Å². The van der Waals surface area contributed by atoms with Crippen LogP contribution < -0.4 is 0 Å². The zero-order chi connectivity index (χ0) is 16.3. The number of hydrogen-bond acceptors (Lipinski definition) is 1. The lowest BCUT2D eigenvalue weighted by molar-refractivity contribution is 0.403. The molecule has 0 radical (unpaired) electrons. The van der Waals surface area contributed by atoms with Crippen LogP contribution >= 0.6 is 11.6 Å². The van der Waals surface area contributed by atoms with Crippen LogP contribution in [-0.4, -0.2) is 5.11 Å². The second-order valence-corrected chi connectivity index (χ2v) is 7.86. The summed E-state index contributed by atoms with van der Waals surface area (Å²) in [5.74, 6) is -0.339. The molecule has 0 heterocycles. The highest BCUT2D eigenvalue weighted by atomic mass is 35.5. The number of phenolic OH excluding ortho intramolecular Hbond substituents is 1. The summed E-state index contributed by atoms with van der Waals surface area (Å²) >= 11 is 6.19. The first-order valence-corrected chi connectivity index (χ1v) is 7.84.